The summed E-state index contributed by atoms with van der Waals surface area (Å²) in [6.45, 7) is 1.86. The monoisotopic (exact) mass is 395 g/mol. The minimum atomic E-state index is -0.488. The lowest BCUT2D eigenvalue weighted by atomic mass is 10.1. The van der Waals surface area contributed by atoms with Gasteiger partial charge in [0.15, 0.2) is 17.3 Å². The van der Waals surface area contributed by atoms with Crippen LogP contribution in [0.2, 0.25) is 0 Å². The van der Waals surface area contributed by atoms with Crippen molar-refractivity contribution in [3.05, 3.63) is 71.9 Å². The smallest absolute Gasteiger partial charge is 0.291 e. The van der Waals surface area contributed by atoms with Gasteiger partial charge < -0.3 is 24.5 Å². The molecule has 1 atom stereocenters. The summed E-state index contributed by atoms with van der Waals surface area (Å²) in [6, 6.07) is 9.55. The first kappa shape index (κ1) is 19.9. The molecule has 0 saturated heterocycles. The molecule has 150 valence electrons. The number of amides is 2. The second-order valence-corrected chi connectivity index (χ2v) is 6.16. The van der Waals surface area contributed by atoms with Gasteiger partial charge in [0.1, 0.15) is 0 Å². The second kappa shape index (κ2) is 8.92. The van der Waals surface area contributed by atoms with Crippen LogP contribution in [0.1, 0.15) is 39.4 Å². The molecule has 0 aliphatic rings. The van der Waals surface area contributed by atoms with Crippen molar-refractivity contribution in [2.45, 2.75) is 13.0 Å². The first-order valence-electron chi connectivity index (χ1n) is 8.85. The molecule has 2 heterocycles. The van der Waals surface area contributed by atoms with Gasteiger partial charge >= 0.3 is 0 Å². The Morgan fingerprint density at radius 1 is 1.03 bits per heavy atom. The molecule has 0 radical (unpaired) electrons. The standard InChI is InChI=1S/C21H21N3O5/c1-13(14-6-8-22-9-7-14)23-20(25)15-11-18(27-2)19(28-3)12-16(15)24-21(26)17-5-4-10-29-17/h4-13H,1-3H3,(H,23,25)(H,24,26)/t13-/m0/s1. The molecule has 0 unspecified atom stereocenters. The number of hydrogen-bond acceptors (Lipinski definition) is 6. The summed E-state index contributed by atoms with van der Waals surface area (Å²) in [7, 11) is 2.95. The van der Waals surface area contributed by atoms with Gasteiger partial charge in [0.25, 0.3) is 11.8 Å². The zero-order valence-electron chi connectivity index (χ0n) is 16.3. The maximum absolute atomic E-state index is 13.0. The van der Waals surface area contributed by atoms with Crippen molar-refractivity contribution >= 4 is 17.5 Å². The minimum Gasteiger partial charge on any atom is -0.493 e. The predicted molar refractivity (Wildman–Crippen MR) is 106 cm³/mol. The zero-order chi connectivity index (χ0) is 20.8. The van der Waals surface area contributed by atoms with Gasteiger partial charge in [-0.3, -0.25) is 14.6 Å². The number of rotatable bonds is 7. The lowest BCUT2D eigenvalue weighted by Crippen LogP contribution is -2.28. The predicted octanol–water partition coefficient (Wildman–Crippen LogP) is 3.44. The number of carbonyl (C=O) groups excluding carboxylic acids is 2. The van der Waals surface area contributed by atoms with Crippen molar-refractivity contribution in [2.24, 2.45) is 0 Å². The topological polar surface area (TPSA) is 103 Å². The normalized spacial score (nSPS) is 11.4. The van der Waals surface area contributed by atoms with Gasteiger partial charge in [0.2, 0.25) is 0 Å². The quantitative estimate of drug-likeness (QED) is 0.635. The molecule has 0 aliphatic carbocycles. The number of furan rings is 1. The van der Waals surface area contributed by atoms with Crippen molar-refractivity contribution in [3.8, 4) is 11.5 Å². The number of nitrogens with zero attached hydrogens (tertiary/aromatic N) is 1. The molecule has 0 saturated carbocycles. The first-order chi connectivity index (χ1) is 14.0. The SMILES string of the molecule is COc1cc(NC(=O)c2ccco2)c(C(=O)N[C@@H](C)c2ccncc2)cc1OC. The van der Waals surface area contributed by atoms with Crippen LogP contribution in [0.15, 0.2) is 59.5 Å². The summed E-state index contributed by atoms with van der Waals surface area (Å²) in [4.78, 5) is 29.4. The van der Waals surface area contributed by atoms with E-state index in [1.165, 1.54) is 38.7 Å². The number of methoxy groups -OCH3 is 2. The van der Waals surface area contributed by atoms with E-state index in [-0.39, 0.29) is 29.0 Å². The van der Waals surface area contributed by atoms with Crippen LogP contribution in [0.3, 0.4) is 0 Å². The zero-order valence-corrected chi connectivity index (χ0v) is 16.3. The van der Waals surface area contributed by atoms with Crippen LogP contribution in [-0.4, -0.2) is 31.0 Å². The van der Waals surface area contributed by atoms with E-state index in [9.17, 15) is 9.59 Å². The van der Waals surface area contributed by atoms with Gasteiger partial charge in [-0.15, -0.1) is 0 Å². The van der Waals surface area contributed by atoms with Gasteiger partial charge in [-0.1, -0.05) is 0 Å². The van der Waals surface area contributed by atoms with Crippen molar-refractivity contribution in [1.82, 2.24) is 10.3 Å². The number of hydrogen-bond donors (Lipinski definition) is 2. The number of aromatic nitrogens is 1. The van der Waals surface area contributed by atoms with E-state index >= 15 is 0 Å². The van der Waals surface area contributed by atoms with E-state index in [1.54, 1.807) is 18.5 Å². The van der Waals surface area contributed by atoms with Crippen molar-refractivity contribution < 1.29 is 23.5 Å². The van der Waals surface area contributed by atoms with E-state index in [4.69, 9.17) is 13.9 Å². The van der Waals surface area contributed by atoms with E-state index in [0.717, 1.165) is 5.56 Å². The Bertz CT molecular complexity index is 987. The Morgan fingerprint density at radius 3 is 2.34 bits per heavy atom. The average molecular weight is 395 g/mol. The molecule has 0 bridgehead atoms. The molecule has 1 aromatic carbocycles. The molecule has 8 heteroatoms. The summed E-state index contributed by atoms with van der Waals surface area (Å²) in [5, 5.41) is 5.61. The van der Waals surface area contributed by atoms with Gasteiger partial charge in [-0.25, -0.2) is 0 Å². The maximum atomic E-state index is 13.0. The minimum absolute atomic E-state index is 0.122. The first-order valence-corrected chi connectivity index (χ1v) is 8.85. The van der Waals surface area contributed by atoms with Crippen LogP contribution in [0.25, 0.3) is 0 Å². The summed E-state index contributed by atoms with van der Waals surface area (Å²) < 4.78 is 15.7. The van der Waals surface area contributed by atoms with Crippen molar-refractivity contribution in [3.63, 3.8) is 0 Å². The van der Waals surface area contributed by atoms with E-state index in [2.05, 4.69) is 15.6 Å². The summed E-state index contributed by atoms with van der Waals surface area (Å²) in [6.07, 6.45) is 4.71. The highest BCUT2D eigenvalue weighted by Gasteiger charge is 2.21. The Balaban J connectivity index is 1.92. The number of ether oxygens (including phenoxy) is 2. The van der Waals surface area contributed by atoms with Crippen LogP contribution in [-0.2, 0) is 0 Å². The number of nitrogens with one attached hydrogen (secondary N) is 2. The van der Waals surface area contributed by atoms with Gasteiger partial charge in [0, 0.05) is 18.5 Å². The fraction of sp³-hybridized carbons (Fsp3) is 0.190. The molecular weight excluding hydrogens is 374 g/mol. The van der Waals surface area contributed by atoms with Crippen LogP contribution >= 0.6 is 0 Å². The maximum Gasteiger partial charge on any atom is 0.291 e. The molecule has 29 heavy (non-hydrogen) atoms. The average Bonchev–Trinajstić information content (AvgIpc) is 3.29. The van der Waals surface area contributed by atoms with Gasteiger partial charge in [-0.2, -0.15) is 0 Å². The molecule has 3 aromatic rings. The highest BCUT2D eigenvalue weighted by atomic mass is 16.5. The van der Waals surface area contributed by atoms with Crippen molar-refractivity contribution in [2.75, 3.05) is 19.5 Å². The van der Waals surface area contributed by atoms with Crippen LogP contribution in [0.5, 0.6) is 11.5 Å². The number of pyridine rings is 1. The van der Waals surface area contributed by atoms with Gasteiger partial charge in [-0.05, 0) is 42.8 Å². The molecule has 0 fully saturated rings. The Labute approximate surface area is 167 Å². The number of anilines is 1. The molecule has 0 spiro atoms. The highest BCUT2D eigenvalue weighted by molar-refractivity contribution is 6.08. The fourth-order valence-corrected chi connectivity index (χ4v) is 2.77. The fourth-order valence-electron chi connectivity index (χ4n) is 2.77. The summed E-state index contributed by atoms with van der Waals surface area (Å²) in [5.74, 6) is -0.00838. The van der Waals surface area contributed by atoms with Crippen LogP contribution < -0.4 is 20.1 Å². The summed E-state index contributed by atoms with van der Waals surface area (Å²) >= 11 is 0. The Hall–Kier alpha value is -3.81. The molecule has 2 N–H and O–H groups in total. The Morgan fingerprint density at radius 2 is 1.72 bits per heavy atom. The lowest BCUT2D eigenvalue weighted by Gasteiger charge is -2.18. The van der Waals surface area contributed by atoms with E-state index in [1.807, 2.05) is 19.1 Å². The molecule has 2 amide bonds. The van der Waals surface area contributed by atoms with Crippen LogP contribution in [0, 0.1) is 0 Å². The molecule has 3 rings (SSSR count). The lowest BCUT2D eigenvalue weighted by molar-refractivity contribution is 0.0940. The third kappa shape index (κ3) is 4.55. The van der Waals surface area contributed by atoms with E-state index < -0.39 is 5.91 Å². The molecule has 0 aliphatic heterocycles. The van der Waals surface area contributed by atoms with E-state index in [0.29, 0.717) is 11.5 Å². The highest BCUT2D eigenvalue weighted by Crippen LogP contribution is 2.34. The second-order valence-electron chi connectivity index (χ2n) is 6.16. The molecule has 2 aromatic heterocycles. The third-order valence-corrected chi connectivity index (χ3v) is 4.32. The largest absolute Gasteiger partial charge is 0.493 e. The molecule has 8 nitrogen and oxygen atoms in total. The Kier molecular flexibility index (Phi) is 6.13. The van der Waals surface area contributed by atoms with Crippen molar-refractivity contribution in [1.29, 1.82) is 0 Å². The van der Waals surface area contributed by atoms with Crippen LogP contribution in [0.4, 0.5) is 5.69 Å². The molecular formula is C21H21N3O5. The number of carbonyl (C=O) groups is 2. The summed E-state index contributed by atoms with van der Waals surface area (Å²) in [5.41, 5.74) is 1.39. The number of benzene rings is 1. The third-order valence-electron chi connectivity index (χ3n) is 4.32. The van der Waals surface area contributed by atoms with Gasteiger partial charge in [0.05, 0.1) is 37.8 Å².